The molecule has 3 aromatic rings. The summed E-state index contributed by atoms with van der Waals surface area (Å²) in [6.45, 7) is 1.22. The molecule has 0 bridgehead atoms. The predicted octanol–water partition coefficient (Wildman–Crippen LogP) is 1.71. The van der Waals surface area contributed by atoms with Crippen molar-refractivity contribution in [3.63, 3.8) is 0 Å². The summed E-state index contributed by atoms with van der Waals surface area (Å²) in [7, 11) is 3.46. The molecule has 0 spiro atoms. The van der Waals surface area contributed by atoms with Gasteiger partial charge in [-0.3, -0.25) is 9.20 Å². The Balaban J connectivity index is 0.00000300. The van der Waals surface area contributed by atoms with Gasteiger partial charge in [-0.1, -0.05) is 36.4 Å². The van der Waals surface area contributed by atoms with Crippen LogP contribution in [0.2, 0.25) is 0 Å². The summed E-state index contributed by atoms with van der Waals surface area (Å²) < 4.78 is 1.90. The third-order valence-corrected chi connectivity index (χ3v) is 4.22. The fraction of sp³-hybridized carbons (Fsp3) is 0.300. The smallest absolute Gasteiger partial charge is 0.241 e. The van der Waals surface area contributed by atoms with Crippen LogP contribution in [0.1, 0.15) is 11.4 Å². The maximum atomic E-state index is 11.9. The molecule has 0 saturated heterocycles. The fourth-order valence-corrected chi connectivity index (χ4v) is 2.61. The molecule has 2 N–H and O–H groups in total. The zero-order valence-electron chi connectivity index (χ0n) is 16.6. The van der Waals surface area contributed by atoms with E-state index in [0.29, 0.717) is 19.0 Å². The molecular weight excluding hydrogens is 481 g/mol. The standard InChI is InChI=1S/C20H25N7O.HI/c1-26(2)19(28)15-23-20(21-12-11-16-8-4-3-5-9-16)22-14-18-25-24-17-10-6-7-13-27(17)18;/h3-10,13H,11-12,14-15H2,1-2H3,(H2,21,22,23);1H. The number of hydrogen-bond donors (Lipinski definition) is 2. The summed E-state index contributed by atoms with van der Waals surface area (Å²) in [5.74, 6) is 1.28. The first kappa shape index (κ1) is 22.6. The maximum absolute atomic E-state index is 11.9. The maximum Gasteiger partial charge on any atom is 0.241 e. The largest absolute Gasteiger partial charge is 0.356 e. The van der Waals surface area contributed by atoms with E-state index < -0.39 is 0 Å². The normalized spacial score (nSPS) is 11.0. The number of halogens is 1. The van der Waals surface area contributed by atoms with E-state index in [2.05, 4.69) is 38.0 Å². The number of benzene rings is 1. The van der Waals surface area contributed by atoms with Crippen LogP contribution in [0.15, 0.2) is 59.7 Å². The Morgan fingerprint density at radius 1 is 1.07 bits per heavy atom. The van der Waals surface area contributed by atoms with E-state index in [4.69, 9.17) is 0 Å². The average molecular weight is 507 g/mol. The zero-order chi connectivity index (χ0) is 19.8. The number of fused-ring (bicyclic) bond motifs is 1. The van der Waals surface area contributed by atoms with Gasteiger partial charge in [0.1, 0.15) is 6.54 Å². The van der Waals surface area contributed by atoms with Crippen molar-refractivity contribution in [2.24, 2.45) is 4.99 Å². The van der Waals surface area contributed by atoms with Gasteiger partial charge < -0.3 is 15.5 Å². The molecule has 29 heavy (non-hydrogen) atoms. The van der Waals surface area contributed by atoms with Gasteiger partial charge in [-0.15, -0.1) is 34.2 Å². The highest BCUT2D eigenvalue weighted by atomic mass is 127. The summed E-state index contributed by atoms with van der Waals surface area (Å²) in [5.41, 5.74) is 2.02. The van der Waals surface area contributed by atoms with E-state index in [1.807, 2.05) is 47.0 Å². The fourth-order valence-electron chi connectivity index (χ4n) is 2.61. The lowest BCUT2D eigenvalue weighted by atomic mass is 10.1. The highest BCUT2D eigenvalue weighted by Gasteiger charge is 2.08. The van der Waals surface area contributed by atoms with Crippen LogP contribution in [-0.4, -0.2) is 58.5 Å². The first-order valence-electron chi connectivity index (χ1n) is 9.18. The number of likely N-dealkylation sites (N-methyl/N-ethyl adjacent to an activating group) is 1. The third-order valence-electron chi connectivity index (χ3n) is 4.22. The molecule has 2 heterocycles. The van der Waals surface area contributed by atoms with Gasteiger partial charge >= 0.3 is 0 Å². The molecule has 154 valence electrons. The van der Waals surface area contributed by atoms with Gasteiger partial charge in [0.05, 0.1) is 6.54 Å². The number of amides is 1. The number of hydrogen-bond acceptors (Lipinski definition) is 4. The molecule has 0 fully saturated rings. The van der Waals surface area contributed by atoms with Crippen molar-refractivity contribution in [3.05, 3.63) is 66.1 Å². The number of pyridine rings is 1. The van der Waals surface area contributed by atoms with Crippen LogP contribution >= 0.6 is 24.0 Å². The van der Waals surface area contributed by atoms with Crippen molar-refractivity contribution in [3.8, 4) is 0 Å². The number of carbonyl (C=O) groups excluding carboxylic acids is 1. The van der Waals surface area contributed by atoms with Crippen LogP contribution in [-0.2, 0) is 17.8 Å². The van der Waals surface area contributed by atoms with Crippen molar-refractivity contribution in [2.75, 3.05) is 27.2 Å². The van der Waals surface area contributed by atoms with Crippen LogP contribution in [0.25, 0.3) is 5.65 Å². The van der Waals surface area contributed by atoms with Crippen LogP contribution in [0, 0.1) is 0 Å². The van der Waals surface area contributed by atoms with E-state index in [1.165, 1.54) is 5.56 Å². The van der Waals surface area contributed by atoms with Crippen molar-refractivity contribution in [1.29, 1.82) is 0 Å². The van der Waals surface area contributed by atoms with Crippen molar-refractivity contribution < 1.29 is 4.79 Å². The molecule has 0 saturated carbocycles. The van der Waals surface area contributed by atoms with Crippen molar-refractivity contribution in [1.82, 2.24) is 30.1 Å². The van der Waals surface area contributed by atoms with Crippen LogP contribution in [0.5, 0.6) is 0 Å². The lowest BCUT2D eigenvalue weighted by molar-refractivity contribution is -0.127. The van der Waals surface area contributed by atoms with Crippen molar-refractivity contribution >= 4 is 41.5 Å². The number of carbonyl (C=O) groups is 1. The first-order valence-corrected chi connectivity index (χ1v) is 9.18. The molecule has 1 amide bonds. The summed E-state index contributed by atoms with van der Waals surface area (Å²) in [5, 5.41) is 14.7. The van der Waals surface area contributed by atoms with Crippen molar-refractivity contribution in [2.45, 2.75) is 13.0 Å². The number of aliphatic imine (C=N–C) groups is 1. The highest BCUT2D eigenvalue weighted by molar-refractivity contribution is 14.0. The summed E-state index contributed by atoms with van der Waals surface area (Å²) >= 11 is 0. The SMILES string of the molecule is CN(C)C(=O)CNC(=NCc1nnc2ccccn12)NCCc1ccccc1.I. The van der Waals surface area contributed by atoms with Gasteiger partial charge in [-0.05, 0) is 24.1 Å². The van der Waals surface area contributed by atoms with Gasteiger partial charge in [-0.2, -0.15) is 0 Å². The molecule has 0 radical (unpaired) electrons. The van der Waals surface area contributed by atoms with Crippen LogP contribution in [0.4, 0.5) is 0 Å². The molecule has 2 aromatic heterocycles. The number of rotatable bonds is 7. The Morgan fingerprint density at radius 2 is 1.83 bits per heavy atom. The van der Waals surface area contributed by atoms with E-state index in [0.717, 1.165) is 17.9 Å². The van der Waals surface area contributed by atoms with Crippen LogP contribution < -0.4 is 10.6 Å². The Bertz CT molecular complexity index is 940. The minimum absolute atomic E-state index is 0. The van der Waals surface area contributed by atoms with Gasteiger partial charge in [0, 0.05) is 26.8 Å². The van der Waals surface area contributed by atoms with Crippen LogP contribution in [0.3, 0.4) is 0 Å². The molecule has 0 atom stereocenters. The quantitative estimate of drug-likeness (QED) is 0.289. The van der Waals surface area contributed by atoms with Gasteiger partial charge in [0.15, 0.2) is 17.4 Å². The number of nitrogens with one attached hydrogen (secondary N) is 2. The monoisotopic (exact) mass is 507 g/mol. The minimum atomic E-state index is -0.0227. The summed E-state index contributed by atoms with van der Waals surface area (Å²) in [6.07, 6.45) is 2.77. The van der Waals surface area contributed by atoms with E-state index in [-0.39, 0.29) is 36.4 Å². The molecule has 9 heteroatoms. The topological polar surface area (TPSA) is 86.9 Å². The molecule has 0 aliphatic rings. The molecular formula is C20H26IN7O. The van der Waals surface area contributed by atoms with Gasteiger partial charge in [0.2, 0.25) is 5.91 Å². The summed E-state index contributed by atoms with van der Waals surface area (Å²) in [6, 6.07) is 16.0. The Kier molecular flexibility index (Phi) is 8.84. The summed E-state index contributed by atoms with van der Waals surface area (Å²) in [4.78, 5) is 18.0. The average Bonchev–Trinajstić information content (AvgIpc) is 3.13. The Morgan fingerprint density at radius 3 is 2.59 bits per heavy atom. The second-order valence-electron chi connectivity index (χ2n) is 6.51. The van der Waals surface area contributed by atoms with Gasteiger partial charge in [-0.25, -0.2) is 4.99 Å². The van der Waals surface area contributed by atoms with Gasteiger partial charge in [0.25, 0.3) is 0 Å². The highest BCUT2D eigenvalue weighted by Crippen LogP contribution is 2.04. The second kappa shape index (κ2) is 11.3. The number of aromatic nitrogens is 3. The third kappa shape index (κ3) is 6.70. The Hall–Kier alpha value is -2.69. The lowest BCUT2D eigenvalue weighted by Gasteiger charge is -2.15. The first-order chi connectivity index (χ1) is 13.6. The molecule has 8 nitrogen and oxygen atoms in total. The molecule has 3 rings (SSSR count). The van der Waals surface area contributed by atoms with E-state index in [1.54, 1.807) is 19.0 Å². The predicted molar refractivity (Wildman–Crippen MR) is 124 cm³/mol. The lowest BCUT2D eigenvalue weighted by Crippen LogP contribution is -2.43. The Labute approximate surface area is 187 Å². The minimum Gasteiger partial charge on any atom is -0.356 e. The molecule has 0 aliphatic heterocycles. The second-order valence-corrected chi connectivity index (χ2v) is 6.51. The molecule has 1 aromatic carbocycles. The number of guanidine groups is 1. The van der Waals surface area contributed by atoms with E-state index in [9.17, 15) is 4.79 Å². The van der Waals surface area contributed by atoms with E-state index >= 15 is 0 Å². The number of nitrogens with zero attached hydrogens (tertiary/aromatic N) is 5. The molecule has 0 aliphatic carbocycles. The zero-order valence-corrected chi connectivity index (χ0v) is 18.9. The molecule has 0 unspecified atom stereocenters.